The molecular formula is C5H10FNO2. The maximum absolute atomic E-state index is 12.2. The van der Waals surface area contributed by atoms with E-state index in [2.05, 4.69) is 0 Å². The van der Waals surface area contributed by atoms with Gasteiger partial charge in [0, 0.05) is 6.54 Å². The molecule has 3 N–H and O–H groups in total. The maximum Gasteiger partial charge on any atom is 0.161 e. The molecule has 0 amide bonds. The molecule has 2 atom stereocenters. The third-order valence-corrected chi connectivity index (χ3v) is 0.984. The Labute approximate surface area is 52.7 Å². The standard InChI is InChI=1S/C5H10FNO2/c1-3(8)5(9)4(6)2-7/h4-5,9H,2,7H2,1H3. The van der Waals surface area contributed by atoms with Gasteiger partial charge in [0.05, 0.1) is 0 Å². The Balaban J connectivity index is 3.72. The number of Topliss-reactive ketones (excluding diaryl/α,β-unsaturated/α-hetero) is 1. The Kier molecular flexibility index (Phi) is 3.34. The van der Waals surface area contributed by atoms with E-state index in [0.29, 0.717) is 0 Å². The van der Waals surface area contributed by atoms with Gasteiger partial charge in [-0.3, -0.25) is 4.79 Å². The molecule has 0 spiro atoms. The Bertz CT molecular complexity index is 107. The average molecular weight is 135 g/mol. The van der Waals surface area contributed by atoms with E-state index >= 15 is 0 Å². The first-order chi connectivity index (χ1) is 4.09. The fourth-order valence-corrected chi connectivity index (χ4v) is 0.384. The van der Waals surface area contributed by atoms with Crippen LogP contribution >= 0.6 is 0 Å². The van der Waals surface area contributed by atoms with Crippen LogP contribution in [0.2, 0.25) is 0 Å². The first-order valence-corrected chi connectivity index (χ1v) is 2.62. The molecule has 0 aliphatic heterocycles. The second kappa shape index (κ2) is 3.53. The largest absolute Gasteiger partial charge is 0.382 e. The zero-order valence-corrected chi connectivity index (χ0v) is 5.17. The van der Waals surface area contributed by atoms with Crippen molar-refractivity contribution < 1.29 is 14.3 Å². The van der Waals surface area contributed by atoms with Crippen molar-refractivity contribution in [3.8, 4) is 0 Å². The monoisotopic (exact) mass is 135 g/mol. The maximum atomic E-state index is 12.2. The number of aliphatic hydroxyl groups excluding tert-OH is 1. The molecule has 0 rings (SSSR count). The Morgan fingerprint density at radius 2 is 2.33 bits per heavy atom. The molecule has 9 heavy (non-hydrogen) atoms. The number of rotatable bonds is 3. The van der Waals surface area contributed by atoms with E-state index in [4.69, 9.17) is 10.8 Å². The summed E-state index contributed by atoms with van der Waals surface area (Å²) in [6.07, 6.45) is -3.17. The first-order valence-electron chi connectivity index (χ1n) is 2.62. The number of ketones is 1. The topological polar surface area (TPSA) is 63.3 Å². The number of carbonyl (C=O) groups is 1. The van der Waals surface area contributed by atoms with Crippen LogP contribution in [0.5, 0.6) is 0 Å². The van der Waals surface area contributed by atoms with Crippen LogP contribution in [-0.4, -0.2) is 29.7 Å². The summed E-state index contributed by atoms with van der Waals surface area (Å²) in [4.78, 5) is 10.2. The van der Waals surface area contributed by atoms with Crippen LogP contribution in [0, 0.1) is 0 Å². The van der Waals surface area contributed by atoms with Crippen LogP contribution in [0.4, 0.5) is 4.39 Å². The number of halogens is 1. The molecule has 0 bridgehead atoms. The summed E-state index contributed by atoms with van der Waals surface area (Å²) >= 11 is 0. The van der Waals surface area contributed by atoms with E-state index in [-0.39, 0.29) is 6.54 Å². The van der Waals surface area contributed by atoms with Gasteiger partial charge in [-0.05, 0) is 6.92 Å². The number of aliphatic hydroxyl groups is 1. The molecule has 0 saturated carbocycles. The fourth-order valence-electron chi connectivity index (χ4n) is 0.384. The summed E-state index contributed by atoms with van der Waals surface area (Å²) < 4.78 is 12.2. The van der Waals surface area contributed by atoms with Gasteiger partial charge in [-0.15, -0.1) is 0 Å². The number of nitrogens with two attached hydrogens (primary N) is 1. The minimum Gasteiger partial charge on any atom is -0.382 e. The molecule has 0 radical (unpaired) electrons. The van der Waals surface area contributed by atoms with Crippen LogP contribution in [0.1, 0.15) is 6.92 Å². The van der Waals surface area contributed by atoms with Crippen molar-refractivity contribution in [2.75, 3.05) is 6.54 Å². The molecule has 0 aromatic rings. The summed E-state index contributed by atoms with van der Waals surface area (Å²) in [5.74, 6) is -0.590. The first kappa shape index (κ1) is 8.52. The van der Waals surface area contributed by atoms with E-state index < -0.39 is 18.1 Å². The Morgan fingerprint density at radius 3 is 2.44 bits per heavy atom. The zero-order chi connectivity index (χ0) is 7.44. The van der Waals surface area contributed by atoms with Gasteiger partial charge in [0.15, 0.2) is 5.78 Å². The third-order valence-electron chi connectivity index (χ3n) is 0.984. The van der Waals surface area contributed by atoms with E-state index in [1.807, 2.05) is 0 Å². The number of hydrogen-bond acceptors (Lipinski definition) is 3. The average Bonchev–Trinajstić information content (AvgIpc) is 1.84. The van der Waals surface area contributed by atoms with Crippen LogP contribution in [-0.2, 0) is 4.79 Å². The SMILES string of the molecule is CC(=O)C(O)C(F)CN. The lowest BCUT2D eigenvalue weighted by Crippen LogP contribution is -2.34. The van der Waals surface area contributed by atoms with Crippen molar-refractivity contribution in [1.29, 1.82) is 0 Å². The van der Waals surface area contributed by atoms with Gasteiger partial charge in [-0.25, -0.2) is 4.39 Å². The van der Waals surface area contributed by atoms with Crippen molar-refractivity contribution >= 4 is 5.78 Å². The van der Waals surface area contributed by atoms with Gasteiger partial charge in [0.2, 0.25) is 0 Å². The van der Waals surface area contributed by atoms with Crippen molar-refractivity contribution in [3.63, 3.8) is 0 Å². The van der Waals surface area contributed by atoms with Crippen molar-refractivity contribution in [2.45, 2.75) is 19.2 Å². The van der Waals surface area contributed by atoms with Gasteiger partial charge in [-0.1, -0.05) is 0 Å². The normalized spacial score (nSPS) is 16.9. The summed E-state index contributed by atoms with van der Waals surface area (Å²) in [6, 6.07) is 0. The molecular weight excluding hydrogens is 125 g/mol. The van der Waals surface area contributed by atoms with Crippen molar-refractivity contribution in [1.82, 2.24) is 0 Å². The quantitative estimate of drug-likeness (QED) is 0.534. The predicted octanol–water partition coefficient (Wildman–Crippen LogP) is -0.767. The van der Waals surface area contributed by atoms with Crippen LogP contribution in [0.25, 0.3) is 0 Å². The van der Waals surface area contributed by atoms with Crippen LogP contribution in [0.3, 0.4) is 0 Å². The smallest absolute Gasteiger partial charge is 0.161 e. The summed E-state index contributed by atoms with van der Waals surface area (Å²) in [6.45, 7) is 0.799. The second-order valence-electron chi connectivity index (χ2n) is 1.81. The lowest BCUT2D eigenvalue weighted by atomic mass is 10.1. The molecule has 0 fully saturated rings. The van der Waals surface area contributed by atoms with E-state index in [1.54, 1.807) is 0 Å². The van der Waals surface area contributed by atoms with E-state index in [9.17, 15) is 9.18 Å². The number of alkyl halides is 1. The highest BCUT2D eigenvalue weighted by atomic mass is 19.1. The highest BCUT2D eigenvalue weighted by molar-refractivity contribution is 5.80. The highest BCUT2D eigenvalue weighted by Crippen LogP contribution is 1.96. The lowest BCUT2D eigenvalue weighted by Gasteiger charge is -2.08. The van der Waals surface area contributed by atoms with Crippen LogP contribution < -0.4 is 5.73 Å². The molecule has 0 aliphatic rings. The molecule has 2 unspecified atom stereocenters. The molecule has 0 saturated heterocycles. The van der Waals surface area contributed by atoms with E-state index in [1.165, 1.54) is 0 Å². The van der Waals surface area contributed by atoms with Crippen molar-refractivity contribution in [2.24, 2.45) is 5.73 Å². The second-order valence-corrected chi connectivity index (χ2v) is 1.81. The van der Waals surface area contributed by atoms with Gasteiger partial charge in [0.25, 0.3) is 0 Å². The van der Waals surface area contributed by atoms with Gasteiger partial charge in [0.1, 0.15) is 12.3 Å². The summed E-state index contributed by atoms with van der Waals surface area (Å²) in [7, 11) is 0. The zero-order valence-electron chi connectivity index (χ0n) is 5.17. The molecule has 54 valence electrons. The predicted molar refractivity (Wildman–Crippen MR) is 30.6 cm³/mol. The molecule has 0 aliphatic carbocycles. The summed E-state index contributed by atoms with van der Waals surface area (Å²) in [5, 5.41) is 8.59. The molecule has 4 heteroatoms. The van der Waals surface area contributed by atoms with Crippen LogP contribution in [0.15, 0.2) is 0 Å². The van der Waals surface area contributed by atoms with Gasteiger partial charge >= 0.3 is 0 Å². The molecule has 0 heterocycles. The minimum atomic E-state index is -1.62. The van der Waals surface area contributed by atoms with Gasteiger partial charge < -0.3 is 10.8 Å². The molecule has 0 aromatic heterocycles. The fraction of sp³-hybridized carbons (Fsp3) is 0.800. The molecule has 3 nitrogen and oxygen atoms in total. The lowest BCUT2D eigenvalue weighted by molar-refractivity contribution is -0.127. The Hall–Kier alpha value is -0.480. The van der Waals surface area contributed by atoms with Gasteiger partial charge in [-0.2, -0.15) is 0 Å². The Morgan fingerprint density at radius 1 is 1.89 bits per heavy atom. The minimum absolute atomic E-state index is 0.319. The van der Waals surface area contributed by atoms with Crippen molar-refractivity contribution in [3.05, 3.63) is 0 Å². The number of carbonyl (C=O) groups excluding carboxylic acids is 1. The number of hydrogen-bond donors (Lipinski definition) is 2. The highest BCUT2D eigenvalue weighted by Gasteiger charge is 2.20. The molecule has 0 aromatic carbocycles. The summed E-state index contributed by atoms with van der Waals surface area (Å²) in [5.41, 5.74) is 4.82. The third kappa shape index (κ3) is 2.53. The van der Waals surface area contributed by atoms with E-state index in [0.717, 1.165) is 6.92 Å².